The van der Waals surface area contributed by atoms with Crippen molar-refractivity contribution in [1.29, 1.82) is 0 Å². The summed E-state index contributed by atoms with van der Waals surface area (Å²) in [4.78, 5) is 15.0. The van der Waals surface area contributed by atoms with Gasteiger partial charge in [-0.05, 0) is 13.8 Å². The molecule has 0 aliphatic carbocycles. The standard InChI is InChI=1S/C10H16N2O3/c1-3-14-10(13)4-5-11-7-9-12-6-8(2)15-9/h6,11H,3-5,7H2,1-2H3. The highest BCUT2D eigenvalue weighted by Gasteiger charge is 2.02. The zero-order valence-corrected chi connectivity index (χ0v) is 9.08. The largest absolute Gasteiger partial charge is 0.466 e. The second-order valence-corrected chi connectivity index (χ2v) is 3.10. The van der Waals surface area contributed by atoms with E-state index in [1.807, 2.05) is 6.92 Å². The van der Waals surface area contributed by atoms with Crippen LogP contribution in [0.5, 0.6) is 0 Å². The van der Waals surface area contributed by atoms with Gasteiger partial charge < -0.3 is 14.5 Å². The van der Waals surface area contributed by atoms with Crippen LogP contribution < -0.4 is 5.32 Å². The number of hydrogen-bond acceptors (Lipinski definition) is 5. The summed E-state index contributed by atoms with van der Waals surface area (Å²) in [6.07, 6.45) is 2.04. The third kappa shape index (κ3) is 4.60. The summed E-state index contributed by atoms with van der Waals surface area (Å²) in [5, 5.41) is 3.05. The van der Waals surface area contributed by atoms with E-state index in [0.717, 1.165) is 5.76 Å². The number of esters is 1. The number of aromatic nitrogens is 1. The second-order valence-electron chi connectivity index (χ2n) is 3.10. The Bertz CT molecular complexity index is 309. The van der Waals surface area contributed by atoms with Gasteiger partial charge in [-0.25, -0.2) is 4.98 Å². The molecular formula is C10H16N2O3. The average molecular weight is 212 g/mol. The fraction of sp³-hybridized carbons (Fsp3) is 0.600. The number of carbonyl (C=O) groups is 1. The Balaban J connectivity index is 2.09. The number of nitrogens with zero attached hydrogens (tertiary/aromatic N) is 1. The van der Waals surface area contributed by atoms with E-state index in [4.69, 9.17) is 9.15 Å². The number of rotatable bonds is 6. The van der Waals surface area contributed by atoms with E-state index in [2.05, 4.69) is 10.3 Å². The molecule has 1 heterocycles. The van der Waals surface area contributed by atoms with Crippen molar-refractivity contribution in [2.45, 2.75) is 26.8 Å². The molecule has 15 heavy (non-hydrogen) atoms. The monoisotopic (exact) mass is 212 g/mol. The number of carbonyl (C=O) groups excluding carboxylic acids is 1. The van der Waals surface area contributed by atoms with Crippen molar-refractivity contribution < 1.29 is 13.9 Å². The Morgan fingerprint density at radius 2 is 2.47 bits per heavy atom. The minimum absolute atomic E-state index is 0.186. The quantitative estimate of drug-likeness (QED) is 0.563. The van der Waals surface area contributed by atoms with Crippen LogP contribution in [0.3, 0.4) is 0 Å². The highest BCUT2D eigenvalue weighted by molar-refractivity contribution is 5.69. The number of oxazole rings is 1. The Kier molecular flexibility index (Phi) is 4.83. The summed E-state index contributed by atoms with van der Waals surface area (Å²) in [6.45, 7) is 5.17. The van der Waals surface area contributed by atoms with Crippen LogP contribution in [0.4, 0.5) is 0 Å². The molecule has 5 nitrogen and oxygen atoms in total. The molecule has 1 aromatic rings. The van der Waals surface area contributed by atoms with Crippen molar-refractivity contribution in [1.82, 2.24) is 10.3 Å². The number of hydrogen-bond donors (Lipinski definition) is 1. The van der Waals surface area contributed by atoms with Crippen LogP contribution in [-0.2, 0) is 16.1 Å². The van der Waals surface area contributed by atoms with Crippen molar-refractivity contribution >= 4 is 5.97 Å². The Hall–Kier alpha value is -1.36. The lowest BCUT2D eigenvalue weighted by Gasteiger charge is -2.02. The Morgan fingerprint density at radius 1 is 1.67 bits per heavy atom. The molecule has 0 fully saturated rings. The zero-order chi connectivity index (χ0) is 11.1. The molecule has 0 aromatic carbocycles. The van der Waals surface area contributed by atoms with Crippen molar-refractivity contribution in [2.75, 3.05) is 13.2 Å². The molecule has 0 unspecified atom stereocenters. The summed E-state index contributed by atoms with van der Waals surface area (Å²) in [5.41, 5.74) is 0. The SMILES string of the molecule is CCOC(=O)CCNCc1ncc(C)o1. The van der Waals surface area contributed by atoms with E-state index in [1.165, 1.54) is 0 Å². The fourth-order valence-corrected chi connectivity index (χ4v) is 1.10. The first-order valence-electron chi connectivity index (χ1n) is 5.00. The Morgan fingerprint density at radius 3 is 3.07 bits per heavy atom. The predicted octanol–water partition coefficient (Wildman–Crippen LogP) is 1.03. The van der Waals surface area contributed by atoms with Gasteiger partial charge in [0.25, 0.3) is 0 Å². The molecule has 0 spiro atoms. The zero-order valence-electron chi connectivity index (χ0n) is 9.08. The summed E-state index contributed by atoms with van der Waals surface area (Å²) in [6, 6.07) is 0. The molecule has 0 saturated heterocycles. The van der Waals surface area contributed by atoms with E-state index in [-0.39, 0.29) is 5.97 Å². The van der Waals surface area contributed by atoms with E-state index in [9.17, 15) is 4.79 Å². The Labute approximate surface area is 88.8 Å². The molecule has 0 radical (unpaired) electrons. The number of nitrogens with one attached hydrogen (secondary N) is 1. The first-order valence-corrected chi connectivity index (χ1v) is 5.00. The lowest BCUT2D eigenvalue weighted by Crippen LogP contribution is -2.19. The van der Waals surface area contributed by atoms with Crippen molar-refractivity contribution in [3.05, 3.63) is 17.8 Å². The van der Waals surface area contributed by atoms with Crippen LogP contribution in [0.2, 0.25) is 0 Å². The van der Waals surface area contributed by atoms with Gasteiger partial charge in [0.2, 0.25) is 5.89 Å². The van der Waals surface area contributed by atoms with Gasteiger partial charge in [0, 0.05) is 6.54 Å². The maximum Gasteiger partial charge on any atom is 0.307 e. The van der Waals surface area contributed by atoms with E-state index < -0.39 is 0 Å². The molecule has 0 atom stereocenters. The first-order chi connectivity index (χ1) is 7.22. The molecule has 0 aliphatic heterocycles. The van der Waals surface area contributed by atoms with Crippen molar-refractivity contribution in [3.63, 3.8) is 0 Å². The molecule has 1 N–H and O–H groups in total. The van der Waals surface area contributed by atoms with Crippen LogP contribution in [0.1, 0.15) is 25.0 Å². The number of aryl methyl sites for hydroxylation is 1. The smallest absolute Gasteiger partial charge is 0.307 e. The lowest BCUT2D eigenvalue weighted by atomic mass is 10.4. The van der Waals surface area contributed by atoms with Crippen LogP contribution >= 0.6 is 0 Å². The second kappa shape index (κ2) is 6.19. The summed E-state index contributed by atoms with van der Waals surface area (Å²) in [5.74, 6) is 1.24. The van der Waals surface area contributed by atoms with Crippen LogP contribution in [0.15, 0.2) is 10.6 Å². The van der Waals surface area contributed by atoms with Crippen molar-refractivity contribution in [3.8, 4) is 0 Å². The maximum absolute atomic E-state index is 11.0. The molecule has 1 rings (SSSR count). The average Bonchev–Trinajstić information content (AvgIpc) is 2.60. The molecule has 0 bridgehead atoms. The van der Waals surface area contributed by atoms with Crippen molar-refractivity contribution in [2.24, 2.45) is 0 Å². The van der Waals surface area contributed by atoms with Gasteiger partial charge in [-0.3, -0.25) is 4.79 Å². The van der Waals surface area contributed by atoms with Crippen LogP contribution in [-0.4, -0.2) is 24.1 Å². The fourth-order valence-electron chi connectivity index (χ4n) is 1.10. The summed E-state index contributed by atoms with van der Waals surface area (Å²) in [7, 11) is 0. The predicted molar refractivity (Wildman–Crippen MR) is 54.2 cm³/mol. The third-order valence-corrected chi connectivity index (χ3v) is 1.76. The van der Waals surface area contributed by atoms with Gasteiger partial charge in [0.15, 0.2) is 0 Å². The lowest BCUT2D eigenvalue weighted by molar-refractivity contribution is -0.142. The molecule has 0 amide bonds. The molecule has 0 saturated carbocycles. The molecule has 84 valence electrons. The normalized spacial score (nSPS) is 10.3. The molecule has 5 heteroatoms. The minimum Gasteiger partial charge on any atom is -0.466 e. The van der Waals surface area contributed by atoms with Crippen LogP contribution in [0, 0.1) is 6.92 Å². The van der Waals surface area contributed by atoms with Gasteiger partial charge in [0.1, 0.15) is 5.76 Å². The first kappa shape index (κ1) is 11.7. The van der Waals surface area contributed by atoms with Gasteiger partial charge in [-0.2, -0.15) is 0 Å². The van der Waals surface area contributed by atoms with E-state index in [1.54, 1.807) is 13.1 Å². The summed E-state index contributed by atoms with van der Waals surface area (Å²) < 4.78 is 10.0. The molecule has 0 aliphatic rings. The maximum atomic E-state index is 11.0. The van der Waals surface area contributed by atoms with E-state index >= 15 is 0 Å². The third-order valence-electron chi connectivity index (χ3n) is 1.76. The van der Waals surface area contributed by atoms with Gasteiger partial charge in [0.05, 0.1) is 25.8 Å². The van der Waals surface area contributed by atoms with Crippen LogP contribution in [0.25, 0.3) is 0 Å². The molecular weight excluding hydrogens is 196 g/mol. The highest BCUT2D eigenvalue weighted by Crippen LogP contribution is 2.00. The molecule has 1 aromatic heterocycles. The number of ether oxygens (including phenoxy) is 1. The van der Waals surface area contributed by atoms with Gasteiger partial charge in [-0.15, -0.1) is 0 Å². The van der Waals surface area contributed by atoms with Gasteiger partial charge in [-0.1, -0.05) is 0 Å². The minimum atomic E-state index is -0.186. The van der Waals surface area contributed by atoms with E-state index in [0.29, 0.717) is 32.0 Å². The topological polar surface area (TPSA) is 64.4 Å². The highest BCUT2D eigenvalue weighted by atomic mass is 16.5. The van der Waals surface area contributed by atoms with Gasteiger partial charge >= 0.3 is 5.97 Å². The summed E-state index contributed by atoms with van der Waals surface area (Å²) >= 11 is 0.